The fourth-order valence-corrected chi connectivity index (χ4v) is 2.97. The van der Waals surface area contributed by atoms with Crippen molar-refractivity contribution in [2.45, 2.75) is 25.8 Å². The number of benzene rings is 1. The Morgan fingerprint density at radius 1 is 1.17 bits per heavy atom. The highest BCUT2D eigenvalue weighted by Crippen LogP contribution is 2.15. The van der Waals surface area contributed by atoms with Crippen LogP contribution in [0.1, 0.15) is 18.6 Å². The Kier molecular flexibility index (Phi) is 5.82. The first kappa shape index (κ1) is 16.9. The molecule has 1 unspecified atom stereocenters. The second-order valence-corrected chi connectivity index (χ2v) is 6.41. The van der Waals surface area contributed by atoms with E-state index in [2.05, 4.69) is 62.5 Å². The molecule has 0 bridgehead atoms. The SMILES string of the molecule is CNC(C)Cc1noc(CCN2CCN(c3ccccc3)CC2)n1. The van der Waals surface area contributed by atoms with Gasteiger partial charge in [-0.2, -0.15) is 4.98 Å². The lowest BCUT2D eigenvalue weighted by molar-refractivity contribution is 0.249. The molecule has 1 fully saturated rings. The molecule has 1 N–H and O–H groups in total. The van der Waals surface area contributed by atoms with Gasteiger partial charge in [-0.05, 0) is 26.1 Å². The first-order valence-corrected chi connectivity index (χ1v) is 8.75. The number of hydrogen-bond acceptors (Lipinski definition) is 6. The van der Waals surface area contributed by atoms with E-state index in [4.69, 9.17) is 4.52 Å². The van der Waals surface area contributed by atoms with E-state index in [1.54, 1.807) is 0 Å². The zero-order chi connectivity index (χ0) is 16.8. The number of rotatable bonds is 7. The smallest absolute Gasteiger partial charge is 0.227 e. The number of aromatic nitrogens is 2. The van der Waals surface area contributed by atoms with Crippen LogP contribution in [-0.2, 0) is 12.8 Å². The average Bonchev–Trinajstić information content (AvgIpc) is 3.08. The van der Waals surface area contributed by atoms with E-state index in [0.717, 1.165) is 57.3 Å². The molecular formula is C18H27N5O. The van der Waals surface area contributed by atoms with Gasteiger partial charge in [0.1, 0.15) is 0 Å². The summed E-state index contributed by atoms with van der Waals surface area (Å²) in [4.78, 5) is 9.41. The van der Waals surface area contributed by atoms with E-state index in [-0.39, 0.29) is 0 Å². The van der Waals surface area contributed by atoms with E-state index in [1.807, 2.05) is 7.05 Å². The van der Waals surface area contributed by atoms with Crippen LogP contribution in [0.25, 0.3) is 0 Å². The van der Waals surface area contributed by atoms with Gasteiger partial charge in [0.2, 0.25) is 5.89 Å². The van der Waals surface area contributed by atoms with E-state index in [0.29, 0.717) is 6.04 Å². The topological polar surface area (TPSA) is 57.4 Å². The number of anilines is 1. The van der Waals surface area contributed by atoms with Crippen molar-refractivity contribution in [2.75, 3.05) is 44.7 Å². The Balaban J connectivity index is 1.42. The van der Waals surface area contributed by atoms with Crippen molar-refractivity contribution in [1.82, 2.24) is 20.4 Å². The lowest BCUT2D eigenvalue weighted by Crippen LogP contribution is -2.47. The van der Waals surface area contributed by atoms with E-state index in [9.17, 15) is 0 Å². The molecule has 3 rings (SSSR count). The van der Waals surface area contributed by atoms with Gasteiger partial charge in [-0.1, -0.05) is 23.4 Å². The number of nitrogens with zero attached hydrogens (tertiary/aromatic N) is 4. The first-order valence-electron chi connectivity index (χ1n) is 8.75. The van der Waals surface area contributed by atoms with E-state index in [1.165, 1.54) is 5.69 Å². The summed E-state index contributed by atoms with van der Waals surface area (Å²) in [5.74, 6) is 1.54. The minimum absolute atomic E-state index is 0.363. The molecule has 0 saturated carbocycles. The van der Waals surface area contributed by atoms with Crippen LogP contribution in [0.15, 0.2) is 34.9 Å². The molecule has 1 aliphatic heterocycles. The van der Waals surface area contributed by atoms with Crippen molar-refractivity contribution in [3.63, 3.8) is 0 Å². The molecule has 0 spiro atoms. The lowest BCUT2D eigenvalue weighted by Gasteiger charge is -2.35. The van der Waals surface area contributed by atoms with Crippen molar-refractivity contribution in [3.8, 4) is 0 Å². The fourth-order valence-electron chi connectivity index (χ4n) is 2.97. The standard InChI is InChI=1S/C18H27N5O/c1-15(19-2)14-17-20-18(24-21-17)8-9-22-10-12-23(13-11-22)16-6-4-3-5-7-16/h3-7,15,19H,8-14H2,1-2H3. The normalized spacial score (nSPS) is 17.2. The number of para-hydroxylation sites is 1. The summed E-state index contributed by atoms with van der Waals surface area (Å²) >= 11 is 0. The van der Waals surface area contributed by atoms with Gasteiger partial charge in [-0.15, -0.1) is 0 Å². The van der Waals surface area contributed by atoms with Crippen LogP contribution in [-0.4, -0.2) is 60.9 Å². The Morgan fingerprint density at radius 3 is 2.62 bits per heavy atom. The van der Waals surface area contributed by atoms with Gasteiger partial charge < -0.3 is 14.7 Å². The molecule has 1 aliphatic rings. The van der Waals surface area contributed by atoms with Crippen LogP contribution < -0.4 is 10.2 Å². The number of nitrogens with one attached hydrogen (secondary N) is 1. The highest BCUT2D eigenvalue weighted by molar-refractivity contribution is 5.46. The third-order valence-corrected chi connectivity index (χ3v) is 4.63. The fraction of sp³-hybridized carbons (Fsp3) is 0.556. The molecule has 1 aromatic heterocycles. The molecule has 2 heterocycles. The Bertz CT molecular complexity index is 607. The maximum Gasteiger partial charge on any atom is 0.227 e. The van der Waals surface area contributed by atoms with Crippen molar-refractivity contribution >= 4 is 5.69 Å². The highest BCUT2D eigenvalue weighted by atomic mass is 16.5. The summed E-state index contributed by atoms with van der Waals surface area (Å²) in [5, 5.41) is 7.26. The highest BCUT2D eigenvalue weighted by Gasteiger charge is 2.18. The Labute approximate surface area is 143 Å². The second-order valence-electron chi connectivity index (χ2n) is 6.41. The van der Waals surface area contributed by atoms with Crippen LogP contribution in [0.3, 0.4) is 0 Å². The predicted molar refractivity (Wildman–Crippen MR) is 95.3 cm³/mol. The third kappa shape index (κ3) is 4.55. The van der Waals surface area contributed by atoms with E-state index >= 15 is 0 Å². The molecule has 0 amide bonds. The van der Waals surface area contributed by atoms with Gasteiger partial charge in [0.15, 0.2) is 5.82 Å². The largest absolute Gasteiger partial charge is 0.369 e. The number of likely N-dealkylation sites (N-methyl/N-ethyl adjacent to an activating group) is 1. The zero-order valence-electron chi connectivity index (χ0n) is 14.6. The van der Waals surface area contributed by atoms with Crippen LogP contribution in [0, 0.1) is 0 Å². The van der Waals surface area contributed by atoms with Gasteiger partial charge in [-0.25, -0.2) is 0 Å². The maximum atomic E-state index is 5.37. The third-order valence-electron chi connectivity index (χ3n) is 4.63. The summed E-state index contributed by atoms with van der Waals surface area (Å²) in [6.45, 7) is 7.38. The zero-order valence-corrected chi connectivity index (χ0v) is 14.6. The monoisotopic (exact) mass is 329 g/mol. The van der Waals surface area contributed by atoms with Crippen molar-refractivity contribution in [2.24, 2.45) is 0 Å². The Hall–Kier alpha value is -1.92. The van der Waals surface area contributed by atoms with Crippen molar-refractivity contribution in [1.29, 1.82) is 0 Å². The number of hydrogen-bond donors (Lipinski definition) is 1. The van der Waals surface area contributed by atoms with Crippen LogP contribution >= 0.6 is 0 Å². The average molecular weight is 329 g/mol. The predicted octanol–water partition coefficient (Wildman–Crippen LogP) is 1.58. The van der Waals surface area contributed by atoms with Gasteiger partial charge in [0, 0.05) is 57.3 Å². The van der Waals surface area contributed by atoms with Gasteiger partial charge in [-0.3, -0.25) is 4.90 Å². The van der Waals surface area contributed by atoms with Gasteiger partial charge in [0.25, 0.3) is 0 Å². The molecule has 24 heavy (non-hydrogen) atoms. The number of piperazine rings is 1. The van der Waals surface area contributed by atoms with Gasteiger partial charge >= 0.3 is 0 Å². The molecule has 130 valence electrons. The molecule has 1 saturated heterocycles. The molecule has 1 aromatic carbocycles. The summed E-state index contributed by atoms with van der Waals surface area (Å²) in [6, 6.07) is 11.0. The van der Waals surface area contributed by atoms with Crippen LogP contribution in [0.5, 0.6) is 0 Å². The molecule has 0 aliphatic carbocycles. The van der Waals surface area contributed by atoms with Crippen LogP contribution in [0.4, 0.5) is 5.69 Å². The quantitative estimate of drug-likeness (QED) is 0.832. The van der Waals surface area contributed by atoms with E-state index < -0.39 is 0 Å². The molecule has 6 nitrogen and oxygen atoms in total. The molecule has 2 aromatic rings. The molecule has 1 atom stereocenters. The lowest BCUT2D eigenvalue weighted by atomic mass is 10.2. The molecular weight excluding hydrogens is 302 g/mol. The summed E-state index contributed by atoms with van der Waals surface area (Å²) < 4.78 is 5.37. The molecule has 0 radical (unpaired) electrons. The van der Waals surface area contributed by atoms with Crippen molar-refractivity contribution in [3.05, 3.63) is 42.0 Å². The van der Waals surface area contributed by atoms with Gasteiger partial charge in [0.05, 0.1) is 0 Å². The summed E-state index contributed by atoms with van der Waals surface area (Å²) in [5.41, 5.74) is 1.32. The summed E-state index contributed by atoms with van der Waals surface area (Å²) in [6.07, 6.45) is 1.63. The minimum atomic E-state index is 0.363. The maximum absolute atomic E-state index is 5.37. The van der Waals surface area contributed by atoms with Crippen molar-refractivity contribution < 1.29 is 4.52 Å². The summed E-state index contributed by atoms with van der Waals surface area (Å²) in [7, 11) is 1.95. The second kappa shape index (κ2) is 8.26. The van der Waals surface area contributed by atoms with Crippen LogP contribution in [0.2, 0.25) is 0 Å². The minimum Gasteiger partial charge on any atom is -0.369 e. The molecule has 6 heteroatoms. The Morgan fingerprint density at radius 2 is 1.92 bits per heavy atom. The first-order chi connectivity index (χ1) is 11.7.